The first-order valence-electron chi connectivity index (χ1n) is 8.75. The minimum absolute atomic E-state index is 0.0229. The van der Waals surface area contributed by atoms with Gasteiger partial charge in [0.2, 0.25) is 5.89 Å². The molecule has 0 aliphatic carbocycles. The summed E-state index contributed by atoms with van der Waals surface area (Å²) in [6, 6.07) is 7.87. The quantitative estimate of drug-likeness (QED) is 0.672. The molecule has 10 heteroatoms. The molecule has 1 amide bonds. The Bertz CT molecular complexity index is 1100. The maximum Gasteiger partial charge on any atom is 0.322 e. The molecule has 1 aromatic carbocycles. The maximum atomic E-state index is 12.4. The summed E-state index contributed by atoms with van der Waals surface area (Å²) in [5.74, 6) is -0.267. The predicted molar refractivity (Wildman–Crippen MR) is 103 cm³/mol. The zero-order chi connectivity index (χ0) is 20.5. The van der Waals surface area contributed by atoms with Crippen molar-refractivity contribution in [1.29, 1.82) is 0 Å². The van der Waals surface area contributed by atoms with Crippen molar-refractivity contribution in [3.63, 3.8) is 0 Å². The Labute approximate surface area is 162 Å². The third-order valence-corrected chi connectivity index (χ3v) is 5.88. The Morgan fingerprint density at radius 3 is 2.46 bits per heavy atom. The first kappa shape index (κ1) is 19.7. The molecule has 0 bridgehead atoms. The van der Waals surface area contributed by atoms with Gasteiger partial charge in [-0.1, -0.05) is 12.0 Å². The second-order valence-corrected chi connectivity index (χ2v) is 8.78. The molecule has 28 heavy (non-hydrogen) atoms. The molecule has 0 aliphatic heterocycles. The molecule has 0 saturated heterocycles. The van der Waals surface area contributed by atoms with Crippen LogP contribution in [0, 0.1) is 6.92 Å². The number of amides is 1. The van der Waals surface area contributed by atoms with Crippen LogP contribution in [0.25, 0.3) is 11.5 Å². The molecule has 3 rings (SSSR count). The number of carbonyl (C=O) groups is 1. The highest BCUT2D eigenvalue weighted by Gasteiger charge is 2.18. The molecule has 9 nitrogen and oxygen atoms in total. The van der Waals surface area contributed by atoms with Crippen LogP contribution in [0.2, 0.25) is 0 Å². The second-order valence-electron chi connectivity index (χ2n) is 6.50. The van der Waals surface area contributed by atoms with Crippen LogP contribution in [0.1, 0.15) is 43.0 Å². The number of aryl methyl sites for hydroxylation is 1. The van der Waals surface area contributed by atoms with Gasteiger partial charge in [0.15, 0.2) is 15.5 Å². The van der Waals surface area contributed by atoms with Crippen LogP contribution in [0.3, 0.4) is 0 Å². The molecular weight excluding hydrogens is 382 g/mol. The fourth-order valence-corrected chi connectivity index (χ4v) is 3.53. The van der Waals surface area contributed by atoms with Gasteiger partial charge in [-0.05, 0) is 51.1 Å². The van der Waals surface area contributed by atoms with Gasteiger partial charge in [0.1, 0.15) is 0 Å². The first-order chi connectivity index (χ1) is 13.2. The van der Waals surface area contributed by atoms with Crippen molar-refractivity contribution in [3.8, 4) is 11.5 Å². The van der Waals surface area contributed by atoms with Gasteiger partial charge in [0.25, 0.3) is 5.91 Å². The lowest BCUT2D eigenvalue weighted by Crippen LogP contribution is -2.14. The van der Waals surface area contributed by atoms with E-state index in [2.05, 4.69) is 20.6 Å². The van der Waals surface area contributed by atoms with Crippen LogP contribution in [0.15, 0.2) is 39.6 Å². The van der Waals surface area contributed by atoms with Crippen LogP contribution < -0.4 is 5.32 Å². The lowest BCUT2D eigenvalue weighted by atomic mass is 10.2. The van der Waals surface area contributed by atoms with E-state index in [-0.39, 0.29) is 34.3 Å². The third-order valence-electron chi connectivity index (χ3n) is 4.13. The summed E-state index contributed by atoms with van der Waals surface area (Å²) in [5, 5.41) is 14.5. The standard InChI is InChI=1S/C18H21N5O4S/c1-5-28(25,26)14-8-6-13(7-9-14)17-20-21-18(27-17)19-16(24)15-10-12(4)23(22-15)11(2)3/h6-11H,5H2,1-4H3,(H,19,21,24). The fraction of sp³-hybridized carbons (Fsp3) is 0.333. The van der Waals surface area contributed by atoms with E-state index in [1.807, 2.05) is 20.8 Å². The molecule has 0 aliphatic rings. The van der Waals surface area contributed by atoms with Crippen LogP contribution in [-0.4, -0.2) is 40.1 Å². The average Bonchev–Trinajstić information content (AvgIpc) is 3.28. The molecule has 0 spiro atoms. The van der Waals surface area contributed by atoms with Crippen molar-refractivity contribution in [2.75, 3.05) is 11.1 Å². The number of nitrogens with zero attached hydrogens (tertiary/aromatic N) is 4. The molecule has 2 heterocycles. The molecule has 0 fully saturated rings. The Balaban J connectivity index is 1.75. The number of aromatic nitrogens is 4. The van der Waals surface area contributed by atoms with Crippen molar-refractivity contribution >= 4 is 21.8 Å². The molecule has 0 saturated carbocycles. The van der Waals surface area contributed by atoms with Crippen molar-refractivity contribution < 1.29 is 17.6 Å². The Morgan fingerprint density at radius 1 is 1.21 bits per heavy atom. The predicted octanol–water partition coefficient (Wildman–Crippen LogP) is 2.87. The van der Waals surface area contributed by atoms with Gasteiger partial charge in [0.05, 0.1) is 10.6 Å². The van der Waals surface area contributed by atoms with E-state index in [0.29, 0.717) is 5.56 Å². The van der Waals surface area contributed by atoms with Crippen LogP contribution >= 0.6 is 0 Å². The summed E-state index contributed by atoms with van der Waals surface area (Å²) in [4.78, 5) is 12.6. The average molecular weight is 403 g/mol. The van der Waals surface area contributed by atoms with Crippen molar-refractivity contribution in [2.45, 2.75) is 38.6 Å². The molecule has 0 radical (unpaired) electrons. The van der Waals surface area contributed by atoms with Crippen LogP contribution in [0.5, 0.6) is 0 Å². The number of carbonyl (C=O) groups excluding carboxylic acids is 1. The zero-order valence-electron chi connectivity index (χ0n) is 16.0. The monoisotopic (exact) mass is 403 g/mol. The Morgan fingerprint density at radius 2 is 1.89 bits per heavy atom. The van der Waals surface area contributed by atoms with E-state index in [9.17, 15) is 13.2 Å². The van der Waals surface area contributed by atoms with Crippen LogP contribution in [-0.2, 0) is 9.84 Å². The number of benzene rings is 1. The fourth-order valence-electron chi connectivity index (χ4n) is 2.64. The highest BCUT2D eigenvalue weighted by molar-refractivity contribution is 7.91. The zero-order valence-corrected chi connectivity index (χ0v) is 16.8. The second kappa shape index (κ2) is 7.55. The van der Waals surface area contributed by atoms with Crippen molar-refractivity contribution in [3.05, 3.63) is 41.7 Å². The topological polar surface area (TPSA) is 120 Å². The number of hydrogen-bond donors (Lipinski definition) is 1. The highest BCUT2D eigenvalue weighted by Crippen LogP contribution is 2.22. The number of rotatable bonds is 6. The molecule has 1 N–H and O–H groups in total. The molecule has 2 aromatic heterocycles. The van der Waals surface area contributed by atoms with Crippen molar-refractivity contribution in [1.82, 2.24) is 20.0 Å². The smallest absolute Gasteiger partial charge is 0.322 e. The van der Waals surface area contributed by atoms with E-state index in [0.717, 1.165) is 5.69 Å². The van der Waals surface area contributed by atoms with E-state index in [1.165, 1.54) is 12.1 Å². The van der Waals surface area contributed by atoms with Crippen LogP contribution in [0.4, 0.5) is 6.01 Å². The summed E-state index contributed by atoms with van der Waals surface area (Å²) >= 11 is 0. The van der Waals surface area contributed by atoms with E-state index in [4.69, 9.17) is 4.42 Å². The van der Waals surface area contributed by atoms with Gasteiger partial charge in [-0.2, -0.15) is 5.10 Å². The Kier molecular flexibility index (Phi) is 5.32. The van der Waals surface area contributed by atoms with Gasteiger partial charge in [-0.25, -0.2) is 8.42 Å². The van der Waals surface area contributed by atoms with Gasteiger partial charge in [-0.15, -0.1) is 5.10 Å². The number of nitrogens with one attached hydrogen (secondary N) is 1. The minimum Gasteiger partial charge on any atom is -0.403 e. The van der Waals surface area contributed by atoms with Gasteiger partial charge in [-0.3, -0.25) is 14.8 Å². The highest BCUT2D eigenvalue weighted by atomic mass is 32.2. The lowest BCUT2D eigenvalue weighted by Gasteiger charge is -2.06. The molecular formula is C18H21N5O4S. The summed E-state index contributed by atoms with van der Waals surface area (Å²) in [6.07, 6.45) is 0. The third kappa shape index (κ3) is 3.96. The van der Waals surface area contributed by atoms with Crippen molar-refractivity contribution in [2.24, 2.45) is 0 Å². The first-order valence-corrected chi connectivity index (χ1v) is 10.4. The van der Waals surface area contributed by atoms with E-state index in [1.54, 1.807) is 29.8 Å². The molecule has 3 aromatic rings. The summed E-state index contributed by atoms with van der Waals surface area (Å²) in [5.41, 5.74) is 1.66. The SMILES string of the molecule is CCS(=O)(=O)c1ccc(-c2nnc(NC(=O)c3cc(C)n(C(C)C)n3)o2)cc1. The van der Waals surface area contributed by atoms with Gasteiger partial charge in [0, 0.05) is 17.3 Å². The van der Waals surface area contributed by atoms with Gasteiger partial charge >= 0.3 is 6.01 Å². The lowest BCUT2D eigenvalue weighted by molar-refractivity contribution is 0.101. The number of sulfone groups is 1. The normalized spacial score (nSPS) is 11.8. The van der Waals surface area contributed by atoms with Gasteiger partial charge < -0.3 is 4.42 Å². The number of hydrogen-bond acceptors (Lipinski definition) is 7. The molecule has 148 valence electrons. The molecule has 0 atom stereocenters. The largest absolute Gasteiger partial charge is 0.403 e. The summed E-state index contributed by atoms with van der Waals surface area (Å²) in [7, 11) is -3.28. The minimum atomic E-state index is -3.28. The Hall–Kier alpha value is -3.01. The summed E-state index contributed by atoms with van der Waals surface area (Å²) in [6.45, 7) is 7.41. The maximum absolute atomic E-state index is 12.4. The van der Waals surface area contributed by atoms with E-state index >= 15 is 0 Å². The summed E-state index contributed by atoms with van der Waals surface area (Å²) < 4.78 is 31.0. The van der Waals surface area contributed by atoms with E-state index < -0.39 is 15.7 Å². The molecule has 0 unspecified atom stereocenters. The number of anilines is 1.